The van der Waals surface area contributed by atoms with Gasteiger partial charge in [-0.25, -0.2) is 0 Å². The standard InChI is InChI=1S/C11H11F3O3/c12-11(13,14)4-3-8-5-7(10(17)6-15)1-2-9(8)16/h1-2,5,15-16H,3-4,6H2. The third-order valence-electron chi connectivity index (χ3n) is 2.22. The molecular formula is C11H11F3O3. The first-order valence-corrected chi connectivity index (χ1v) is 4.86. The Morgan fingerprint density at radius 2 is 1.94 bits per heavy atom. The van der Waals surface area contributed by atoms with Crippen LogP contribution < -0.4 is 0 Å². The molecule has 0 heterocycles. The summed E-state index contributed by atoms with van der Waals surface area (Å²) < 4.78 is 36.0. The van der Waals surface area contributed by atoms with Gasteiger partial charge in [-0.3, -0.25) is 4.79 Å². The molecule has 0 aliphatic carbocycles. The van der Waals surface area contributed by atoms with Crippen molar-refractivity contribution in [2.75, 3.05) is 6.61 Å². The van der Waals surface area contributed by atoms with Crippen LogP contribution in [0.4, 0.5) is 13.2 Å². The molecule has 0 radical (unpaired) electrons. The van der Waals surface area contributed by atoms with Crippen LogP contribution >= 0.6 is 0 Å². The molecule has 1 aromatic rings. The molecule has 0 unspecified atom stereocenters. The van der Waals surface area contributed by atoms with Crippen molar-refractivity contribution < 1.29 is 28.2 Å². The number of hydrogen-bond acceptors (Lipinski definition) is 3. The van der Waals surface area contributed by atoms with Gasteiger partial charge in [0, 0.05) is 12.0 Å². The highest BCUT2D eigenvalue weighted by atomic mass is 19.4. The molecule has 0 aliphatic rings. The van der Waals surface area contributed by atoms with Crippen LogP contribution in [0.2, 0.25) is 0 Å². The Hall–Kier alpha value is -1.56. The topological polar surface area (TPSA) is 57.5 Å². The van der Waals surface area contributed by atoms with E-state index in [0.717, 1.165) is 6.07 Å². The van der Waals surface area contributed by atoms with Crippen molar-refractivity contribution in [2.24, 2.45) is 0 Å². The highest BCUT2D eigenvalue weighted by Gasteiger charge is 2.27. The van der Waals surface area contributed by atoms with E-state index in [9.17, 15) is 23.1 Å². The quantitative estimate of drug-likeness (QED) is 0.802. The highest BCUT2D eigenvalue weighted by Crippen LogP contribution is 2.26. The number of phenolic OH excluding ortho intramolecular Hbond substituents is 1. The van der Waals surface area contributed by atoms with Crippen LogP contribution in [-0.4, -0.2) is 28.8 Å². The molecule has 94 valence electrons. The molecule has 17 heavy (non-hydrogen) atoms. The molecule has 0 atom stereocenters. The van der Waals surface area contributed by atoms with E-state index in [1.165, 1.54) is 12.1 Å². The van der Waals surface area contributed by atoms with Crippen LogP contribution in [-0.2, 0) is 6.42 Å². The molecule has 0 fully saturated rings. The Morgan fingerprint density at radius 1 is 1.29 bits per heavy atom. The van der Waals surface area contributed by atoms with E-state index in [-0.39, 0.29) is 16.9 Å². The first-order chi connectivity index (χ1) is 7.83. The second kappa shape index (κ2) is 5.18. The highest BCUT2D eigenvalue weighted by molar-refractivity contribution is 5.97. The fraction of sp³-hybridized carbons (Fsp3) is 0.364. The maximum Gasteiger partial charge on any atom is 0.389 e. The lowest BCUT2D eigenvalue weighted by molar-refractivity contribution is -0.134. The Labute approximate surface area is 95.5 Å². The number of phenols is 1. The second-order valence-electron chi connectivity index (χ2n) is 3.54. The van der Waals surface area contributed by atoms with E-state index in [1.54, 1.807) is 0 Å². The Balaban J connectivity index is 2.87. The zero-order chi connectivity index (χ0) is 13.1. The molecule has 1 aromatic carbocycles. The van der Waals surface area contributed by atoms with E-state index in [2.05, 4.69) is 0 Å². The van der Waals surface area contributed by atoms with Crippen LogP contribution in [0, 0.1) is 0 Å². The van der Waals surface area contributed by atoms with Crippen LogP contribution in [0.5, 0.6) is 5.75 Å². The van der Waals surface area contributed by atoms with Crippen LogP contribution in [0.25, 0.3) is 0 Å². The first kappa shape index (κ1) is 13.5. The van der Waals surface area contributed by atoms with E-state index in [0.29, 0.717) is 0 Å². The number of hydrogen-bond donors (Lipinski definition) is 2. The summed E-state index contributed by atoms with van der Waals surface area (Å²) in [7, 11) is 0. The van der Waals surface area contributed by atoms with Gasteiger partial charge in [-0.15, -0.1) is 0 Å². The van der Waals surface area contributed by atoms with Gasteiger partial charge < -0.3 is 10.2 Å². The molecular weight excluding hydrogens is 237 g/mol. The number of aryl methyl sites for hydroxylation is 1. The number of aliphatic hydroxyl groups excluding tert-OH is 1. The summed E-state index contributed by atoms with van der Waals surface area (Å²) >= 11 is 0. The third-order valence-corrected chi connectivity index (χ3v) is 2.22. The summed E-state index contributed by atoms with van der Waals surface area (Å²) in [6, 6.07) is 3.57. The molecule has 3 nitrogen and oxygen atoms in total. The van der Waals surface area contributed by atoms with Gasteiger partial charge in [-0.05, 0) is 30.2 Å². The zero-order valence-electron chi connectivity index (χ0n) is 8.79. The average Bonchev–Trinajstić information content (AvgIpc) is 2.26. The zero-order valence-corrected chi connectivity index (χ0v) is 8.79. The van der Waals surface area contributed by atoms with Crippen molar-refractivity contribution in [2.45, 2.75) is 19.0 Å². The lowest BCUT2D eigenvalue weighted by Gasteiger charge is -2.09. The van der Waals surface area contributed by atoms with Crippen molar-refractivity contribution in [1.82, 2.24) is 0 Å². The second-order valence-corrected chi connectivity index (χ2v) is 3.54. The molecule has 0 bridgehead atoms. The molecule has 6 heteroatoms. The van der Waals surface area contributed by atoms with Gasteiger partial charge in [0.05, 0.1) is 0 Å². The molecule has 0 aromatic heterocycles. The molecule has 2 N–H and O–H groups in total. The Morgan fingerprint density at radius 3 is 2.47 bits per heavy atom. The average molecular weight is 248 g/mol. The van der Waals surface area contributed by atoms with Gasteiger partial charge in [0.2, 0.25) is 0 Å². The minimum absolute atomic E-state index is 0.0432. The van der Waals surface area contributed by atoms with E-state index in [1.807, 2.05) is 0 Å². The van der Waals surface area contributed by atoms with Crippen molar-refractivity contribution in [3.8, 4) is 5.75 Å². The van der Waals surface area contributed by atoms with Crippen LogP contribution in [0.3, 0.4) is 0 Å². The van der Waals surface area contributed by atoms with E-state index in [4.69, 9.17) is 5.11 Å². The van der Waals surface area contributed by atoms with Gasteiger partial charge in [0.15, 0.2) is 5.78 Å². The van der Waals surface area contributed by atoms with Crippen LogP contribution in [0.15, 0.2) is 18.2 Å². The lowest BCUT2D eigenvalue weighted by atomic mass is 10.0. The number of aliphatic hydroxyl groups is 1. The maximum atomic E-state index is 12.0. The number of halogens is 3. The number of rotatable bonds is 4. The summed E-state index contributed by atoms with van der Waals surface area (Å²) in [5, 5.41) is 18.0. The summed E-state index contributed by atoms with van der Waals surface area (Å²) in [5.74, 6) is -0.887. The molecule has 1 rings (SSSR count). The number of aromatic hydroxyl groups is 1. The number of ketones is 1. The number of carbonyl (C=O) groups is 1. The summed E-state index contributed by atoms with van der Waals surface area (Å²) in [6.45, 7) is -0.719. The predicted molar refractivity (Wildman–Crippen MR) is 53.9 cm³/mol. The largest absolute Gasteiger partial charge is 0.508 e. The number of benzene rings is 1. The molecule has 0 aliphatic heterocycles. The first-order valence-electron chi connectivity index (χ1n) is 4.86. The third kappa shape index (κ3) is 4.07. The van der Waals surface area contributed by atoms with E-state index < -0.39 is 31.4 Å². The number of carbonyl (C=O) groups excluding carboxylic acids is 1. The summed E-state index contributed by atoms with van der Waals surface area (Å²) in [5.41, 5.74) is 0.129. The summed E-state index contributed by atoms with van der Waals surface area (Å²) in [6.07, 6.45) is -5.79. The monoisotopic (exact) mass is 248 g/mol. The Kier molecular flexibility index (Phi) is 4.11. The molecule has 0 amide bonds. The number of Topliss-reactive ketones (excluding diaryl/α,β-unsaturated/α-hetero) is 1. The van der Waals surface area contributed by atoms with Crippen molar-refractivity contribution in [3.05, 3.63) is 29.3 Å². The van der Waals surface area contributed by atoms with Crippen molar-refractivity contribution in [1.29, 1.82) is 0 Å². The van der Waals surface area contributed by atoms with Gasteiger partial charge >= 0.3 is 6.18 Å². The minimum Gasteiger partial charge on any atom is -0.508 e. The van der Waals surface area contributed by atoms with Gasteiger partial charge in [-0.1, -0.05) is 0 Å². The van der Waals surface area contributed by atoms with Crippen molar-refractivity contribution >= 4 is 5.78 Å². The van der Waals surface area contributed by atoms with Crippen LogP contribution in [0.1, 0.15) is 22.3 Å². The van der Waals surface area contributed by atoms with Crippen molar-refractivity contribution in [3.63, 3.8) is 0 Å². The molecule has 0 saturated carbocycles. The lowest BCUT2D eigenvalue weighted by Crippen LogP contribution is -2.09. The molecule has 0 spiro atoms. The number of alkyl halides is 3. The fourth-order valence-electron chi connectivity index (χ4n) is 1.33. The Bertz CT molecular complexity index is 413. The maximum absolute atomic E-state index is 12.0. The fourth-order valence-corrected chi connectivity index (χ4v) is 1.33. The molecule has 0 saturated heterocycles. The van der Waals surface area contributed by atoms with Gasteiger partial charge in [-0.2, -0.15) is 13.2 Å². The van der Waals surface area contributed by atoms with Gasteiger partial charge in [0.25, 0.3) is 0 Å². The minimum atomic E-state index is -4.32. The predicted octanol–water partition coefficient (Wildman–Crippen LogP) is 2.06. The van der Waals surface area contributed by atoms with E-state index >= 15 is 0 Å². The summed E-state index contributed by atoms with van der Waals surface area (Å²) in [4.78, 5) is 11.1. The van der Waals surface area contributed by atoms with Gasteiger partial charge in [0.1, 0.15) is 12.4 Å². The normalized spacial score (nSPS) is 11.5. The SMILES string of the molecule is O=C(CO)c1ccc(O)c(CCC(F)(F)F)c1. The smallest absolute Gasteiger partial charge is 0.389 e.